The lowest BCUT2D eigenvalue weighted by molar-refractivity contribution is 0.0856. The number of carbonyl (C=O) groups excluding carboxylic acids is 1. The number of fused-ring (bicyclic) bond motifs is 1. The van der Waals surface area contributed by atoms with Crippen LogP contribution in [0.2, 0.25) is 0 Å². The standard InChI is InChI=1S/C20H17ClN6O2/c21-27(11-16-7-13-4-2-6-23-19(13)26-16)20(28)14-3-1-5-17(8-14)29-18-9-15(10-22)24-12-25-18/h1-9,12H,10-11,22H2,(H,23,26). The molecule has 0 atom stereocenters. The zero-order valence-corrected chi connectivity index (χ0v) is 16.0. The maximum atomic E-state index is 12.7. The zero-order chi connectivity index (χ0) is 20.2. The highest BCUT2D eigenvalue weighted by Gasteiger charge is 2.16. The van der Waals surface area contributed by atoms with Crippen LogP contribution in [-0.4, -0.2) is 30.3 Å². The molecular formula is C20H17ClN6O2. The van der Waals surface area contributed by atoms with Crippen molar-refractivity contribution in [1.29, 1.82) is 0 Å². The maximum absolute atomic E-state index is 12.7. The highest BCUT2D eigenvalue weighted by atomic mass is 35.5. The molecule has 4 rings (SSSR count). The lowest BCUT2D eigenvalue weighted by Crippen LogP contribution is -2.21. The Labute approximate surface area is 171 Å². The second-order valence-corrected chi connectivity index (χ2v) is 6.65. The first-order valence-electron chi connectivity index (χ1n) is 8.81. The molecule has 0 saturated carbocycles. The van der Waals surface area contributed by atoms with E-state index in [1.165, 1.54) is 6.33 Å². The van der Waals surface area contributed by atoms with Crippen molar-refractivity contribution >= 4 is 28.7 Å². The number of rotatable bonds is 6. The number of aromatic amines is 1. The predicted octanol–water partition coefficient (Wildman–Crippen LogP) is 3.40. The van der Waals surface area contributed by atoms with Gasteiger partial charge in [-0.2, -0.15) is 0 Å². The van der Waals surface area contributed by atoms with E-state index in [1.807, 2.05) is 18.2 Å². The van der Waals surface area contributed by atoms with Gasteiger partial charge >= 0.3 is 0 Å². The molecule has 0 unspecified atom stereocenters. The average Bonchev–Trinajstić information content (AvgIpc) is 3.15. The van der Waals surface area contributed by atoms with Gasteiger partial charge in [0.15, 0.2) is 0 Å². The normalized spacial score (nSPS) is 10.8. The van der Waals surface area contributed by atoms with Crippen molar-refractivity contribution in [2.75, 3.05) is 0 Å². The van der Waals surface area contributed by atoms with E-state index < -0.39 is 0 Å². The quantitative estimate of drug-likeness (QED) is 0.473. The molecular weight excluding hydrogens is 392 g/mol. The second-order valence-electron chi connectivity index (χ2n) is 6.24. The minimum Gasteiger partial charge on any atom is -0.439 e. The molecule has 29 heavy (non-hydrogen) atoms. The monoisotopic (exact) mass is 408 g/mol. The summed E-state index contributed by atoms with van der Waals surface area (Å²) < 4.78 is 6.83. The van der Waals surface area contributed by atoms with Crippen molar-refractivity contribution in [3.63, 3.8) is 0 Å². The van der Waals surface area contributed by atoms with Crippen molar-refractivity contribution in [3.05, 3.63) is 78.0 Å². The molecule has 0 radical (unpaired) electrons. The second kappa shape index (κ2) is 8.26. The van der Waals surface area contributed by atoms with E-state index in [2.05, 4.69) is 19.9 Å². The summed E-state index contributed by atoms with van der Waals surface area (Å²) in [5.41, 5.74) is 8.15. The molecule has 1 aromatic carbocycles. The van der Waals surface area contributed by atoms with Crippen LogP contribution in [0, 0.1) is 0 Å². The molecule has 0 aliphatic rings. The minimum absolute atomic E-state index is 0.202. The number of hydrogen-bond donors (Lipinski definition) is 2. The zero-order valence-electron chi connectivity index (χ0n) is 15.2. The fourth-order valence-corrected chi connectivity index (χ4v) is 3.05. The van der Waals surface area contributed by atoms with E-state index in [0.717, 1.165) is 21.1 Å². The van der Waals surface area contributed by atoms with Crippen LogP contribution in [0.25, 0.3) is 11.0 Å². The number of nitrogens with one attached hydrogen (secondary N) is 1. The van der Waals surface area contributed by atoms with E-state index in [9.17, 15) is 4.79 Å². The van der Waals surface area contributed by atoms with Crippen molar-refractivity contribution in [1.82, 2.24) is 24.4 Å². The summed E-state index contributed by atoms with van der Waals surface area (Å²) in [6.07, 6.45) is 3.08. The van der Waals surface area contributed by atoms with Gasteiger partial charge in [0.1, 0.15) is 17.7 Å². The summed E-state index contributed by atoms with van der Waals surface area (Å²) in [5, 5.41) is 0.956. The molecule has 3 heterocycles. The Balaban J connectivity index is 1.48. The Kier molecular flexibility index (Phi) is 5.37. The molecule has 146 valence electrons. The molecule has 4 aromatic rings. The Hall–Kier alpha value is -3.49. The Morgan fingerprint density at radius 2 is 2.03 bits per heavy atom. The van der Waals surface area contributed by atoms with Crippen LogP contribution in [-0.2, 0) is 13.1 Å². The van der Waals surface area contributed by atoms with Gasteiger partial charge in [0, 0.05) is 47.2 Å². The van der Waals surface area contributed by atoms with Gasteiger partial charge in [-0.3, -0.25) is 4.79 Å². The number of nitrogens with zero attached hydrogens (tertiary/aromatic N) is 4. The number of benzene rings is 1. The smallest absolute Gasteiger partial charge is 0.268 e. The van der Waals surface area contributed by atoms with Gasteiger partial charge in [-0.25, -0.2) is 19.4 Å². The lowest BCUT2D eigenvalue weighted by atomic mass is 10.2. The van der Waals surface area contributed by atoms with E-state index in [-0.39, 0.29) is 19.0 Å². The molecule has 0 saturated heterocycles. The van der Waals surface area contributed by atoms with Crippen molar-refractivity contribution in [2.24, 2.45) is 5.73 Å². The summed E-state index contributed by atoms with van der Waals surface area (Å²) >= 11 is 6.25. The number of nitrogens with two attached hydrogens (primary N) is 1. The van der Waals surface area contributed by atoms with Crippen molar-refractivity contribution in [3.8, 4) is 11.6 Å². The molecule has 0 bridgehead atoms. The average molecular weight is 409 g/mol. The van der Waals surface area contributed by atoms with Crippen LogP contribution in [0.4, 0.5) is 0 Å². The number of carbonyl (C=O) groups is 1. The third kappa shape index (κ3) is 4.34. The van der Waals surface area contributed by atoms with Crippen LogP contribution >= 0.6 is 11.8 Å². The molecule has 3 aromatic heterocycles. The molecule has 0 aliphatic heterocycles. The molecule has 0 fully saturated rings. The maximum Gasteiger partial charge on any atom is 0.268 e. The van der Waals surface area contributed by atoms with Crippen molar-refractivity contribution < 1.29 is 9.53 Å². The van der Waals surface area contributed by atoms with Crippen LogP contribution in [0.5, 0.6) is 11.6 Å². The summed E-state index contributed by atoms with van der Waals surface area (Å²) in [6, 6.07) is 14.1. The van der Waals surface area contributed by atoms with Gasteiger partial charge < -0.3 is 15.5 Å². The van der Waals surface area contributed by atoms with Gasteiger partial charge in [0.2, 0.25) is 5.88 Å². The van der Waals surface area contributed by atoms with Crippen LogP contribution in [0.15, 0.2) is 61.1 Å². The van der Waals surface area contributed by atoms with Crippen molar-refractivity contribution in [2.45, 2.75) is 13.1 Å². The largest absolute Gasteiger partial charge is 0.439 e. The number of H-pyrrole nitrogens is 1. The number of aromatic nitrogens is 4. The van der Waals surface area contributed by atoms with Gasteiger partial charge in [-0.1, -0.05) is 6.07 Å². The van der Waals surface area contributed by atoms with E-state index in [1.54, 1.807) is 36.5 Å². The lowest BCUT2D eigenvalue weighted by Gasteiger charge is -2.14. The topological polar surface area (TPSA) is 110 Å². The summed E-state index contributed by atoms with van der Waals surface area (Å²) in [7, 11) is 0. The van der Waals surface area contributed by atoms with E-state index in [0.29, 0.717) is 22.9 Å². The fourth-order valence-electron chi connectivity index (χ4n) is 2.82. The Morgan fingerprint density at radius 1 is 1.14 bits per heavy atom. The van der Waals surface area contributed by atoms with Gasteiger partial charge in [-0.15, -0.1) is 0 Å². The fraction of sp³-hybridized carbons (Fsp3) is 0.100. The molecule has 0 aliphatic carbocycles. The van der Waals surface area contributed by atoms with Crippen LogP contribution in [0.3, 0.4) is 0 Å². The van der Waals surface area contributed by atoms with Crippen LogP contribution in [0.1, 0.15) is 21.7 Å². The number of ether oxygens (including phenoxy) is 1. The Bertz CT molecular complexity index is 1130. The molecule has 8 nitrogen and oxygen atoms in total. The third-order valence-electron chi connectivity index (χ3n) is 4.19. The Morgan fingerprint density at radius 3 is 2.86 bits per heavy atom. The first-order valence-corrected chi connectivity index (χ1v) is 9.15. The summed E-state index contributed by atoms with van der Waals surface area (Å²) in [6.45, 7) is 0.482. The first kappa shape index (κ1) is 18.9. The van der Waals surface area contributed by atoms with E-state index in [4.69, 9.17) is 22.2 Å². The van der Waals surface area contributed by atoms with Gasteiger partial charge in [0.05, 0.1) is 12.2 Å². The number of halogens is 1. The predicted molar refractivity (Wildman–Crippen MR) is 108 cm³/mol. The minimum atomic E-state index is -0.353. The molecule has 9 heteroatoms. The number of amides is 1. The number of pyridine rings is 1. The molecule has 1 amide bonds. The van der Waals surface area contributed by atoms with Gasteiger partial charge in [0.25, 0.3) is 5.91 Å². The van der Waals surface area contributed by atoms with Crippen LogP contribution < -0.4 is 10.5 Å². The highest BCUT2D eigenvalue weighted by Crippen LogP contribution is 2.23. The van der Waals surface area contributed by atoms with Gasteiger partial charge in [-0.05, 0) is 36.4 Å². The third-order valence-corrected chi connectivity index (χ3v) is 4.46. The SMILES string of the molecule is NCc1cc(Oc2cccc(C(=O)N(Cl)Cc3cc4cccnc4[nH]3)c2)ncn1. The van der Waals surface area contributed by atoms with E-state index >= 15 is 0 Å². The summed E-state index contributed by atoms with van der Waals surface area (Å²) in [5.74, 6) is 0.449. The highest BCUT2D eigenvalue weighted by molar-refractivity contribution is 6.24. The first-order chi connectivity index (χ1) is 14.1. The summed E-state index contributed by atoms with van der Waals surface area (Å²) in [4.78, 5) is 28.2. The number of hydrogen-bond acceptors (Lipinski definition) is 6. The molecule has 3 N–H and O–H groups in total. The molecule has 0 spiro atoms.